The number of carbonyl (C=O) groups is 1. The van der Waals surface area contributed by atoms with Crippen molar-refractivity contribution < 1.29 is 13.2 Å². The number of amides is 1. The molecule has 0 saturated carbocycles. The van der Waals surface area contributed by atoms with Gasteiger partial charge in [0.25, 0.3) is 5.91 Å². The summed E-state index contributed by atoms with van der Waals surface area (Å²) in [6.45, 7) is 4.84. The van der Waals surface area contributed by atoms with Crippen molar-refractivity contribution in [3.63, 3.8) is 0 Å². The first kappa shape index (κ1) is 21.5. The predicted octanol–water partition coefficient (Wildman–Crippen LogP) is 4.18. The zero-order valence-electron chi connectivity index (χ0n) is 17.3. The molecule has 2 heterocycles. The van der Waals surface area contributed by atoms with Gasteiger partial charge < -0.3 is 5.32 Å². The number of rotatable bonds is 5. The Kier molecular flexibility index (Phi) is 5.88. The Morgan fingerprint density at radius 2 is 1.61 bits per heavy atom. The number of benzene rings is 2. The lowest BCUT2D eigenvalue weighted by Crippen LogP contribution is -2.27. The lowest BCUT2D eigenvalue weighted by molar-refractivity contribution is 0.102. The quantitative estimate of drug-likeness (QED) is 0.621. The van der Waals surface area contributed by atoms with Crippen LogP contribution in [0.2, 0.25) is 5.02 Å². The second-order valence-electron chi connectivity index (χ2n) is 7.53. The maximum Gasteiger partial charge on any atom is 0.255 e. The Hall–Kier alpha value is -2.68. The van der Waals surface area contributed by atoms with E-state index >= 15 is 0 Å². The van der Waals surface area contributed by atoms with E-state index in [1.165, 1.54) is 16.4 Å². The van der Waals surface area contributed by atoms with Crippen molar-refractivity contribution >= 4 is 33.2 Å². The third-order valence-electron chi connectivity index (χ3n) is 5.39. The van der Waals surface area contributed by atoms with Crippen LogP contribution in [0.1, 0.15) is 34.6 Å². The van der Waals surface area contributed by atoms with Gasteiger partial charge in [0.15, 0.2) is 0 Å². The molecule has 1 aliphatic rings. The highest BCUT2D eigenvalue weighted by atomic mass is 35.5. The summed E-state index contributed by atoms with van der Waals surface area (Å²) in [7, 11) is -3.47. The van der Waals surface area contributed by atoms with E-state index in [9.17, 15) is 13.2 Å². The zero-order chi connectivity index (χ0) is 22.2. The van der Waals surface area contributed by atoms with Gasteiger partial charge >= 0.3 is 0 Å². The largest absolute Gasteiger partial charge is 0.322 e. The van der Waals surface area contributed by atoms with Crippen molar-refractivity contribution in [2.45, 2.75) is 31.6 Å². The van der Waals surface area contributed by atoms with Crippen LogP contribution < -0.4 is 5.32 Å². The standard InChI is InChI=1S/C22H23ClN4O3S/c1-15-21(23)16(2)27(25-15)19-9-5-17(6-10-19)22(28)24-18-7-11-20(12-8-18)31(29,30)26-13-3-4-14-26/h5-12H,3-4,13-14H2,1-2H3,(H,24,28). The molecule has 1 saturated heterocycles. The SMILES string of the molecule is Cc1nn(-c2ccc(C(=O)Nc3ccc(S(=O)(=O)N4CCCC4)cc3)cc2)c(C)c1Cl. The van der Waals surface area contributed by atoms with E-state index in [1.54, 1.807) is 41.1 Å². The Morgan fingerprint density at radius 1 is 1.00 bits per heavy atom. The van der Waals surface area contributed by atoms with Gasteiger partial charge in [-0.3, -0.25) is 4.79 Å². The number of aromatic nitrogens is 2. The molecule has 4 rings (SSSR count). The highest BCUT2D eigenvalue weighted by molar-refractivity contribution is 7.89. The number of carbonyl (C=O) groups excluding carboxylic acids is 1. The molecule has 162 valence electrons. The van der Waals surface area contributed by atoms with E-state index in [0.717, 1.165) is 29.9 Å². The molecule has 0 atom stereocenters. The molecule has 0 unspecified atom stereocenters. The van der Waals surface area contributed by atoms with Crippen molar-refractivity contribution in [3.05, 3.63) is 70.5 Å². The molecule has 2 aromatic carbocycles. The number of hydrogen-bond acceptors (Lipinski definition) is 4. The van der Waals surface area contributed by atoms with Crippen molar-refractivity contribution in [1.29, 1.82) is 0 Å². The fourth-order valence-electron chi connectivity index (χ4n) is 3.62. The maximum atomic E-state index is 12.6. The molecule has 3 aromatic rings. The number of sulfonamides is 1. The van der Waals surface area contributed by atoms with Crippen LogP contribution in [-0.2, 0) is 10.0 Å². The lowest BCUT2D eigenvalue weighted by Gasteiger charge is -2.15. The predicted molar refractivity (Wildman–Crippen MR) is 120 cm³/mol. The third kappa shape index (κ3) is 4.23. The van der Waals surface area contributed by atoms with E-state index in [1.807, 2.05) is 13.8 Å². The molecule has 0 radical (unpaired) electrons. The van der Waals surface area contributed by atoms with Gasteiger partial charge in [-0.15, -0.1) is 0 Å². The van der Waals surface area contributed by atoms with Gasteiger partial charge in [-0.25, -0.2) is 13.1 Å². The van der Waals surface area contributed by atoms with Gasteiger partial charge in [0.1, 0.15) is 0 Å². The number of nitrogens with one attached hydrogen (secondary N) is 1. The zero-order valence-corrected chi connectivity index (χ0v) is 18.9. The molecular weight excluding hydrogens is 436 g/mol. The first-order chi connectivity index (χ1) is 14.8. The minimum atomic E-state index is -3.47. The van der Waals surface area contributed by atoms with Crippen LogP contribution in [0, 0.1) is 13.8 Å². The first-order valence-corrected chi connectivity index (χ1v) is 11.8. The van der Waals surface area contributed by atoms with Crippen LogP contribution in [0.4, 0.5) is 5.69 Å². The monoisotopic (exact) mass is 458 g/mol. The van der Waals surface area contributed by atoms with Crippen molar-refractivity contribution in [2.75, 3.05) is 18.4 Å². The summed E-state index contributed by atoms with van der Waals surface area (Å²) in [4.78, 5) is 12.8. The molecule has 1 aromatic heterocycles. The Balaban J connectivity index is 1.46. The molecule has 1 N–H and O–H groups in total. The van der Waals surface area contributed by atoms with Crippen LogP contribution in [-0.4, -0.2) is 41.5 Å². The minimum Gasteiger partial charge on any atom is -0.322 e. The molecule has 0 bridgehead atoms. The Morgan fingerprint density at radius 3 is 2.16 bits per heavy atom. The minimum absolute atomic E-state index is 0.236. The van der Waals surface area contributed by atoms with Crippen LogP contribution in [0.3, 0.4) is 0 Å². The van der Waals surface area contributed by atoms with Crippen LogP contribution in [0.15, 0.2) is 53.4 Å². The number of halogens is 1. The highest BCUT2D eigenvalue weighted by Gasteiger charge is 2.27. The molecular formula is C22H23ClN4O3S. The number of hydrogen-bond donors (Lipinski definition) is 1. The second kappa shape index (κ2) is 8.45. The highest BCUT2D eigenvalue weighted by Crippen LogP contribution is 2.24. The van der Waals surface area contributed by atoms with Crippen LogP contribution in [0.5, 0.6) is 0 Å². The summed E-state index contributed by atoms with van der Waals surface area (Å²) in [5.41, 5.74) is 3.39. The number of aryl methyl sites for hydroxylation is 1. The van der Waals surface area contributed by atoms with E-state index in [4.69, 9.17) is 11.6 Å². The van der Waals surface area contributed by atoms with Crippen molar-refractivity contribution in [3.8, 4) is 5.69 Å². The summed E-state index contributed by atoms with van der Waals surface area (Å²) in [6, 6.07) is 13.3. The normalized spacial score (nSPS) is 14.7. The average molecular weight is 459 g/mol. The number of anilines is 1. The molecule has 1 amide bonds. The smallest absolute Gasteiger partial charge is 0.255 e. The Labute approximate surface area is 186 Å². The molecule has 31 heavy (non-hydrogen) atoms. The van der Waals surface area contributed by atoms with Gasteiger partial charge in [-0.2, -0.15) is 9.40 Å². The summed E-state index contributed by atoms with van der Waals surface area (Å²) in [6.07, 6.45) is 1.78. The van der Waals surface area contributed by atoms with Crippen LogP contribution >= 0.6 is 11.6 Å². The van der Waals surface area contributed by atoms with Gasteiger partial charge in [-0.1, -0.05) is 11.6 Å². The summed E-state index contributed by atoms with van der Waals surface area (Å²) in [5.74, 6) is -0.284. The van der Waals surface area contributed by atoms with Crippen molar-refractivity contribution in [1.82, 2.24) is 14.1 Å². The van der Waals surface area contributed by atoms with Crippen LogP contribution in [0.25, 0.3) is 5.69 Å². The fraction of sp³-hybridized carbons (Fsp3) is 0.273. The van der Waals surface area contributed by atoms with E-state index < -0.39 is 10.0 Å². The fourth-order valence-corrected chi connectivity index (χ4v) is 5.26. The van der Waals surface area contributed by atoms with E-state index in [0.29, 0.717) is 29.4 Å². The summed E-state index contributed by atoms with van der Waals surface area (Å²) in [5, 5.41) is 7.83. The molecule has 9 heteroatoms. The van der Waals surface area contributed by atoms with Gasteiger partial charge in [0.05, 0.1) is 27.0 Å². The van der Waals surface area contributed by atoms with Gasteiger partial charge in [0.2, 0.25) is 10.0 Å². The molecule has 0 aliphatic carbocycles. The molecule has 7 nitrogen and oxygen atoms in total. The Bertz CT molecular complexity index is 1210. The lowest BCUT2D eigenvalue weighted by atomic mass is 10.2. The first-order valence-electron chi connectivity index (χ1n) is 10.0. The molecule has 0 spiro atoms. The summed E-state index contributed by atoms with van der Waals surface area (Å²) < 4.78 is 28.4. The van der Waals surface area contributed by atoms with Gasteiger partial charge in [0, 0.05) is 24.3 Å². The molecule has 1 fully saturated rings. The number of nitrogens with zero attached hydrogens (tertiary/aromatic N) is 3. The van der Waals surface area contributed by atoms with Gasteiger partial charge in [-0.05, 0) is 75.2 Å². The van der Waals surface area contributed by atoms with E-state index in [2.05, 4.69) is 10.4 Å². The third-order valence-corrected chi connectivity index (χ3v) is 7.85. The second-order valence-corrected chi connectivity index (χ2v) is 9.85. The summed E-state index contributed by atoms with van der Waals surface area (Å²) >= 11 is 6.21. The van der Waals surface area contributed by atoms with Crippen molar-refractivity contribution in [2.24, 2.45) is 0 Å². The average Bonchev–Trinajstić information content (AvgIpc) is 3.40. The van der Waals surface area contributed by atoms with E-state index in [-0.39, 0.29) is 10.8 Å². The molecule has 1 aliphatic heterocycles. The maximum absolute atomic E-state index is 12.6. The topological polar surface area (TPSA) is 84.3 Å².